The molecule has 1 rings (SSSR count). The summed E-state index contributed by atoms with van der Waals surface area (Å²) in [5, 5.41) is 0. The van der Waals surface area contributed by atoms with Crippen molar-refractivity contribution in [3.8, 4) is 11.8 Å². The van der Waals surface area contributed by atoms with E-state index in [-0.39, 0.29) is 12.0 Å². The third-order valence-electron chi connectivity index (χ3n) is 3.16. The maximum Gasteiger partial charge on any atom is 0.338 e. The molecule has 0 saturated carbocycles. The number of rotatable bonds is 6. The van der Waals surface area contributed by atoms with Crippen LogP contribution in [0.25, 0.3) is 0 Å². The van der Waals surface area contributed by atoms with Gasteiger partial charge in [-0.1, -0.05) is 37.5 Å². The molecule has 0 aliphatic heterocycles. The third kappa shape index (κ3) is 5.24. The summed E-state index contributed by atoms with van der Waals surface area (Å²) in [4.78, 5) is 14.1. The maximum atomic E-state index is 12.1. The summed E-state index contributed by atoms with van der Waals surface area (Å²) >= 11 is 0. The molecule has 114 valence electrons. The van der Waals surface area contributed by atoms with E-state index in [2.05, 4.69) is 18.8 Å². The summed E-state index contributed by atoms with van der Waals surface area (Å²) in [5.74, 6) is 6.21. The molecule has 21 heavy (non-hydrogen) atoms. The zero-order valence-corrected chi connectivity index (χ0v) is 13.5. The Hall–Kier alpha value is -1.79. The van der Waals surface area contributed by atoms with Crippen molar-refractivity contribution in [3.63, 3.8) is 0 Å². The SMILES string of the molecule is CCCCC#CC(c1ccccc1C(=O)OCC)N(C)C. The van der Waals surface area contributed by atoms with Crippen molar-refractivity contribution in [1.82, 2.24) is 4.90 Å². The second-order valence-electron chi connectivity index (χ2n) is 5.10. The van der Waals surface area contributed by atoms with Gasteiger partial charge in [0, 0.05) is 6.42 Å². The predicted octanol–water partition coefficient (Wildman–Crippen LogP) is 3.66. The Morgan fingerprint density at radius 3 is 2.62 bits per heavy atom. The Kier molecular flexibility index (Phi) is 7.56. The van der Waals surface area contributed by atoms with Gasteiger partial charge in [0.1, 0.15) is 0 Å². The molecule has 1 unspecified atom stereocenters. The van der Waals surface area contributed by atoms with Gasteiger partial charge in [0.05, 0.1) is 18.2 Å². The monoisotopic (exact) mass is 287 g/mol. The molecule has 0 spiro atoms. The summed E-state index contributed by atoms with van der Waals surface area (Å²) in [6.45, 7) is 4.34. The van der Waals surface area contributed by atoms with E-state index in [9.17, 15) is 4.79 Å². The highest BCUT2D eigenvalue weighted by Gasteiger charge is 2.19. The van der Waals surface area contributed by atoms with Crippen molar-refractivity contribution in [3.05, 3.63) is 35.4 Å². The fraction of sp³-hybridized carbons (Fsp3) is 0.500. The molecule has 0 amide bonds. The minimum atomic E-state index is -0.282. The van der Waals surface area contributed by atoms with Gasteiger partial charge < -0.3 is 4.74 Å². The van der Waals surface area contributed by atoms with Gasteiger partial charge in [-0.25, -0.2) is 4.79 Å². The van der Waals surface area contributed by atoms with Gasteiger partial charge in [0.2, 0.25) is 0 Å². The first-order valence-electron chi connectivity index (χ1n) is 7.52. The number of carbonyl (C=O) groups is 1. The summed E-state index contributed by atoms with van der Waals surface area (Å²) < 4.78 is 5.14. The summed E-state index contributed by atoms with van der Waals surface area (Å²) in [6, 6.07) is 7.44. The number of benzene rings is 1. The first-order valence-corrected chi connectivity index (χ1v) is 7.52. The van der Waals surface area contributed by atoms with Crippen LogP contribution in [0.5, 0.6) is 0 Å². The van der Waals surface area contributed by atoms with Gasteiger partial charge >= 0.3 is 5.97 Å². The van der Waals surface area contributed by atoms with Crippen molar-refractivity contribution < 1.29 is 9.53 Å². The average molecular weight is 287 g/mol. The van der Waals surface area contributed by atoms with E-state index in [1.165, 1.54) is 0 Å². The number of esters is 1. The van der Waals surface area contributed by atoms with Gasteiger partial charge in [-0.2, -0.15) is 0 Å². The zero-order valence-electron chi connectivity index (χ0n) is 13.5. The molecule has 1 aromatic rings. The first kappa shape index (κ1) is 17.3. The van der Waals surface area contributed by atoms with E-state index >= 15 is 0 Å². The van der Waals surface area contributed by atoms with Crippen LogP contribution in [0.4, 0.5) is 0 Å². The quantitative estimate of drug-likeness (QED) is 0.454. The van der Waals surface area contributed by atoms with E-state index in [1.54, 1.807) is 6.07 Å². The van der Waals surface area contributed by atoms with Crippen LogP contribution in [-0.4, -0.2) is 31.6 Å². The molecule has 0 aliphatic rings. The molecular weight excluding hydrogens is 262 g/mol. The van der Waals surface area contributed by atoms with Gasteiger partial charge in [-0.05, 0) is 39.1 Å². The van der Waals surface area contributed by atoms with Crippen molar-refractivity contribution in [2.45, 2.75) is 39.2 Å². The Labute approximate surface area is 128 Å². The highest BCUT2D eigenvalue weighted by atomic mass is 16.5. The lowest BCUT2D eigenvalue weighted by Gasteiger charge is -2.21. The molecule has 3 nitrogen and oxygen atoms in total. The molecular formula is C18H25NO2. The molecule has 0 radical (unpaired) electrons. The topological polar surface area (TPSA) is 29.5 Å². The Balaban J connectivity index is 3.07. The fourth-order valence-electron chi connectivity index (χ4n) is 2.05. The highest BCUT2D eigenvalue weighted by Crippen LogP contribution is 2.22. The molecule has 0 heterocycles. The number of ether oxygens (including phenoxy) is 1. The lowest BCUT2D eigenvalue weighted by atomic mass is 9.99. The largest absolute Gasteiger partial charge is 0.462 e. The van der Waals surface area contributed by atoms with Crippen molar-refractivity contribution in [2.24, 2.45) is 0 Å². The molecule has 0 N–H and O–H groups in total. The molecule has 1 aromatic carbocycles. The Bertz CT molecular complexity index is 511. The second-order valence-corrected chi connectivity index (χ2v) is 5.10. The minimum Gasteiger partial charge on any atom is -0.462 e. The van der Waals surface area contributed by atoms with E-state index in [1.807, 2.05) is 44.1 Å². The van der Waals surface area contributed by atoms with Gasteiger partial charge in [0.15, 0.2) is 0 Å². The number of unbranched alkanes of at least 4 members (excludes halogenated alkanes) is 2. The normalized spacial score (nSPS) is 11.7. The molecule has 1 atom stereocenters. The first-order chi connectivity index (χ1) is 10.1. The van der Waals surface area contributed by atoms with Gasteiger partial charge in [0.25, 0.3) is 0 Å². The third-order valence-corrected chi connectivity index (χ3v) is 3.16. The van der Waals surface area contributed by atoms with Gasteiger partial charge in [-0.15, -0.1) is 5.92 Å². The van der Waals surface area contributed by atoms with Crippen molar-refractivity contribution in [2.75, 3.05) is 20.7 Å². The Morgan fingerprint density at radius 2 is 2.00 bits per heavy atom. The molecule has 3 heteroatoms. The van der Waals surface area contributed by atoms with E-state index in [0.717, 1.165) is 24.8 Å². The number of nitrogens with zero attached hydrogens (tertiary/aromatic N) is 1. The van der Waals surface area contributed by atoms with E-state index in [4.69, 9.17) is 4.74 Å². The summed E-state index contributed by atoms with van der Waals surface area (Å²) in [7, 11) is 3.95. The Morgan fingerprint density at radius 1 is 1.29 bits per heavy atom. The van der Waals surface area contributed by atoms with E-state index in [0.29, 0.717) is 12.2 Å². The minimum absolute atomic E-state index is 0.0949. The van der Waals surface area contributed by atoms with Crippen molar-refractivity contribution in [1.29, 1.82) is 0 Å². The molecule has 0 aromatic heterocycles. The number of hydrogen-bond donors (Lipinski definition) is 0. The predicted molar refractivity (Wildman–Crippen MR) is 86.1 cm³/mol. The average Bonchev–Trinajstić information content (AvgIpc) is 2.47. The van der Waals surface area contributed by atoms with Gasteiger partial charge in [-0.3, -0.25) is 4.90 Å². The summed E-state index contributed by atoms with van der Waals surface area (Å²) in [5.41, 5.74) is 1.51. The highest BCUT2D eigenvalue weighted by molar-refractivity contribution is 5.91. The second kappa shape index (κ2) is 9.20. The van der Waals surface area contributed by atoms with Crippen LogP contribution in [0.3, 0.4) is 0 Å². The van der Waals surface area contributed by atoms with Crippen LogP contribution in [0, 0.1) is 11.8 Å². The van der Waals surface area contributed by atoms with Crippen LogP contribution >= 0.6 is 0 Å². The lowest BCUT2D eigenvalue weighted by molar-refractivity contribution is 0.0524. The molecule has 0 aliphatic carbocycles. The number of carbonyl (C=O) groups excluding carboxylic acids is 1. The van der Waals surface area contributed by atoms with Crippen LogP contribution in [0.1, 0.15) is 55.1 Å². The standard InChI is InChI=1S/C18H25NO2/c1-5-7-8-9-14-17(19(3)4)15-12-10-11-13-16(15)18(20)21-6-2/h10-13,17H,5-8H2,1-4H3. The lowest BCUT2D eigenvalue weighted by Crippen LogP contribution is -2.21. The van der Waals surface area contributed by atoms with Crippen molar-refractivity contribution >= 4 is 5.97 Å². The van der Waals surface area contributed by atoms with Crippen LogP contribution < -0.4 is 0 Å². The van der Waals surface area contributed by atoms with Crippen LogP contribution in [0.2, 0.25) is 0 Å². The zero-order chi connectivity index (χ0) is 15.7. The molecule has 0 fully saturated rings. The fourth-order valence-corrected chi connectivity index (χ4v) is 2.05. The molecule has 0 bridgehead atoms. The van der Waals surface area contributed by atoms with Crippen LogP contribution in [-0.2, 0) is 4.74 Å². The van der Waals surface area contributed by atoms with E-state index < -0.39 is 0 Å². The maximum absolute atomic E-state index is 12.1. The van der Waals surface area contributed by atoms with Crippen LogP contribution in [0.15, 0.2) is 24.3 Å². The number of hydrogen-bond acceptors (Lipinski definition) is 3. The molecule has 0 saturated heterocycles. The summed E-state index contributed by atoms with van der Waals surface area (Å²) in [6.07, 6.45) is 3.13. The smallest absolute Gasteiger partial charge is 0.338 e.